The van der Waals surface area contributed by atoms with Crippen molar-refractivity contribution >= 4 is 17.8 Å². The van der Waals surface area contributed by atoms with Crippen LogP contribution in [0.25, 0.3) is 0 Å². The summed E-state index contributed by atoms with van der Waals surface area (Å²) in [4.78, 5) is 37.1. The van der Waals surface area contributed by atoms with E-state index in [-0.39, 0.29) is 23.8 Å². The minimum atomic E-state index is -0.585. The third-order valence-electron chi connectivity index (χ3n) is 3.17. The van der Waals surface area contributed by atoms with Gasteiger partial charge in [0.05, 0.1) is 24.9 Å². The second-order valence-electron chi connectivity index (χ2n) is 6.34. The van der Waals surface area contributed by atoms with Gasteiger partial charge in [0.1, 0.15) is 6.73 Å². The van der Waals surface area contributed by atoms with Crippen molar-refractivity contribution in [3.63, 3.8) is 0 Å². The Balaban J connectivity index is 0. The summed E-state index contributed by atoms with van der Waals surface area (Å²) in [6.45, 7) is 18.0. The van der Waals surface area contributed by atoms with E-state index in [9.17, 15) is 14.4 Å². The van der Waals surface area contributed by atoms with Gasteiger partial charge in [0.2, 0.25) is 0 Å². The highest BCUT2D eigenvalue weighted by Gasteiger charge is 2.21. The van der Waals surface area contributed by atoms with Crippen LogP contribution in [0.5, 0.6) is 0 Å². The van der Waals surface area contributed by atoms with Gasteiger partial charge in [-0.1, -0.05) is 46.9 Å². The van der Waals surface area contributed by atoms with E-state index < -0.39 is 17.8 Å². The van der Waals surface area contributed by atoms with Crippen molar-refractivity contribution < 1.29 is 23.9 Å². The summed E-state index contributed by atoms with van der Waals surface area (Å²) < 4.78 is 10.4. The zero-order chi connectivity index (χ0) is 22.8. The van der Waals surface area contributed by atoms with Crippen molar-refractivity contribution in [1.82, 2.24) is 4.90 Å². The van der Waals surface area contributed by atoms with E-state index in [2.05, 4.69) is 19.7 Å². The van der Waals surface area contributed by atoms with Gasteiger partial charge in [-0.3, -0.25) is 14.5 Å². The zero-order valence-electron chi connectivity index (χ0n) is 17.9. The smallest absolute Gasteiger partial charge is 0.337 e. The van der Waals surface area contributed by atoms with Gasteiger partial charge in [-0.15, -0.1) is 0 Å². The normalized spacial score (nSPS) is 10.1. The van der Waals surface area contributed by atoms with Crippen LogP contribution < -0.4 is 0 Å². The molecule has 2 amide bonds. The van der Waals surface area contributed by atoms with Gasteiger partial charge in [-0.05, 0) is 31.4 Å². The van der Waals surface area contributed by atoms with Crippen LogP contribution in [-0.4, -0.2) is 42.6 Å². The summed E-state index contributed by atoms with van der Waals surface area (Å²) in [5.74, 6) is -1.46. The topological polar surface area (TPSA) is 96.7 Å². The predicted octanol–water partition coefficient (Wildman–Crippen LogP) is 3.70. The van der Waals surface area contributed by atoms with E-state index >= 15 is 0 Å². The van der Waals surface area contributed by atoms with Crippen LogP contribution in [0.1, 0.15) is 40.5 Å². The summed E-state index contributed by atoms with van der Waals surface area (Å²) in [7, 11) is 0. The minimum absolute atomic E-state index is 0.0519. The Morgan fingerprint density at radius 1 is 1.24 bits per heavy atom. The number of unbranched alkanes of at least 4 members (excludes halogenated alkanes) is 1. The second kappa shape index (κ2) is 17.1. The molecule has 0 unspecified atom stereocenters. The number of rotatable bonds is 11. The lowest BCUT2D eigenvalue weighted by molar-refractivity contribution is -0.146. The van der Waals surface area contributed by atoms with Crippen molar-refractivity contribution in [2.45, 2.75) is 40.5 Å². The van der Waals surface area contributed by atoms with Crippen molar-refractivity contribution in [2.24, 2.45) is 5.92 Å². The molecular weight excluding hydrogens is 372 g/mol. The highest BCUT2D eigenvalue weighted by Crippen LogP contribution is 2.09. The average Bonchev–Trinajstić information content (AvgIpc) is 2.70. The second-order valence-corrected chi connectivity index (χ2v) is 6.34. The van der Waals surface area contributed by atoms with Gasteiger partial charge in [0.15, 0.2) is 0 Å². The van der Waals surface area contributed by atoms with Gasteiger partial charge < -0.3 is 9.47 Å². The monoisotopic (exact) mass is 404 g/mol. The quantitative estimate of drug-likeness (QED) is 0.130. The Kier molecular flexibility index (Phi) is 16.7. The molecule has 0 aromatic carbocycles. The van der Waals surface area contributed by atoms with E-state index in [0.717, 1.165) is 23.8 Å². The van der Waals surface area contributed by atoms with Crippen LogP contribution in [-0.2, 0) is 23.9 Å². The fourth-order valence-electron chi connectivity index (χ4n) is 1.71. The lowest BCUT2D eigenvalue weighted by Gasteiger charge is -2.20. The number of carbonyl (C=O) groups is 3. The highest BCUT2D eigenvalue weighted by atomic mass is 16.5. The Labute approximate surface area is 174 Å². The molecule has 7 nitrogen and oxygen atoms in total. The molecule has 0 atom stereocenters. The van der Waals surface area contributed by atoms with E-state index in [0.29, 0.717) is 13.2 Å². The Morgan fingerprint density at radius 2 is 1.83 bits per heavy atom. The molecule has 0 heterocycles. The standard InChI is InChI=1S/C19H29NO5.C3H3N/c1-7-9-10-25-19(23)16(6)11-15(5)18(22)20(17(21)8-2)13-24-12-14(3)4;1-2-3-4/h8,11,14H,2,6-7,9-10,12-13H2,1,3-5H3;2H,1H2. The number of carbonyl (C=O) groups excluding carboxylic acids is 3. The summed E-state index contributed by atoms with van der Waals surface area (Å²) >= 11 is 0. The number of esters is 1. The van der Waals surface area contributed by atoms with E-state index in [1.54, 1.807) is 6.07 Å². The minimum Gasteiger partial charge on any atom is -0.462 e. The molecule has 0 fully saturated rings. The zero-order valence-corrected chi connectivity index (χ0v) is 17.9. The summed E-state index contributed by atoms with van der Waals surface area (Å²) in [6.07, 6.45) is 5.19. The molecule has 0 aliphatic rings. The van der Waals surface area contributed by atoms with Crippen molar-refractivity contribution in [3.05, 3.63) is 49.1 Å². The predicted molar refractivity (Wildman–Crippen MR) is 112 cm³/mol. The van der Waals surface area contributed by atoms with Crippen LogP contribution in [0, 0.1) is 17.2 Å². The average molecular weight is 405 g/mol. The molecule has 0 aliphatic heterocycles. The van der Waals surface area contributed by atoms with Crippen molar-refractivity contribution in [3.8, 4) is 6.07 Å². The molecule has 0 aliphatic carbocycles. The van der Waals surface area contributed by atoms with Crippen LogP contribution in [0.2, 0.25) is 0 Å². The maximum atomic E-state index is 12.5. The van der Waals surface area contributed by atoms with Crippen molar-refractivity contribution in [2.75, 3.05) is 19.9 Å². The van der Waals surface area contributed by atoms with Crippen LogP contribution in [0.3, 0.4) is 0 Å². The number of hydrogen-bond acceptors (Lipinski definition) is 6. The molecule has 0 radical (unpaired) electrons. The third kappa shape index (κ3) is 13.8. The number of allylic oxidation sites excluding steroid dienone is 1. The molecular formula is C22H32N2O5. The fourth-order valence-corrected chi connectivity index (χ4v) is 1.71. The van der Waals surface area contributed by atoms with Crippen molar-refractivity contribution in [1.29, 1.82) is 5.26 Å². The van der Waals surface area contributed by atoms with Gasteiger partial charge >= 0.3 is 5.97 Å². The highest BCUT2D eigenvalue weighted by molar-refractivity contribution is 6.08. The molecule has 0 aromatic rings. The number of imide groups is 1. The lowest BCUT2D eigenvalue weighted by atomic mass is 10.1. The molecule has 0 saturated heterocycles. The molecule has 0 bridgehead atoms. The van der Waals surface area contributed by atoms with Gasteiger partial charge in [0.25, 0.3) is 11.8 Å². The van der Waals surface area contributed by atoms with Gasteiger partial charge in [0, 0.05) is 11.6 Å². The van der Waals surface area contributed by atoms with Crippen LogP contribution in [0.4, 0.5) is 0 Å². The number of amides is 2. The maximum Gasteiger partial charge on any atom is 0.337 e. The molecule has 0 rings (SSSR count). The molecule has 0 spiro atoms. The summed E-state index contributed by atoms with van der Waals surface area (Å²) in [5, 5.41) is 7.51. The Morgan fingerprint density at radius 3 is 2.28 bits per heavy atom. The van der Waals surface area contributed by atoms with E-state index in [4.69, 9.17) is 14.7 Å². The molecule has 0 N–H and O–H groups in total. The van der Waals surface area contributed by atoms with E-state index in [1.807, 2.05) is 20.8 Å². The first-order valence-corrected chi connectivity index (χ1v) is 9.26. The molecule has 160 valence electrons. The fraction of sp³-hybridized carbons (Fsp3) is 0.455. The number of nitrogens with zero attached hydrogens (tertiary/aromatic N) is 2. The molecule has 7 heteroatoms. The van der Waals surface area contributed by atoms with Gasteiger partial charge in [-0.2, -0.15) is 5.26 Å². The summed E-state index contributed by atoms with van der Waals surface area (Å²) in [6, 6.07) is 1.69. The third-order valence-corrected chi connectivity index (χ3v) is 3.17. The molecule has 0 saturated carbocycles. The Hall–Kier alpha value is -2.98. The largest absolute Gasteiger partial charge is 0.462 e. The number of ether oxygens (including phenoxy) is 2. The number of nitriles is 1. The SMILES string of the molecule is C=CC#N.C=CC(=O)N(COCC(C)C)C(=O)C(C)=CC(=C)C(=O)OCCCC. The maximum absolute atomic E-state index is 12.5. The lowest BCUT2D eigenvalue weighted by Crippen LogP contribution is -2.38. The van der Waals surface area contributed by atoms with Gasteiger partial charge in [-0.25, -0.2) is 4.79 Å². The molecule has 0 aromatic heterocycles. The summed E-state index contributed by atoms with van der Waals surface area (Å²) in [5.41, 5.74) is 0.233. The van der Waals surface area contributed by atoms with E-state index in [1.165, 1.54) is 19.1 Å². The van der Waals surface area contributed by atoms with Crippen LogP contribution in [0.15, 0.2) is 49.1 Å². The molecule has 29 heavy (non-hydrogen) atoms. The Bertz CT molecular complexity index is 657. The first kappa shape index (κ1) is 28.2. The first-order valence-electron chi connectivity index (χ1n) is 9.26. The number of hydrogen-bond donors (Lipinski definition) is 0. The first-order chi connectivity index (χ1) is 13.7. The van der Waals surface area contributed by atoms with Crippen LogP contribution >= 0.6 is 0 Å².